The van der Waals surface area contributed by atoms with Crippen LogP contribution in [0.4, 0.5) is 0 Å². The number of amides is 2. The van der Waals surface area contributed by atoms with Crippen LogP contribution in [0.1, 0.15) is 103 Å². The number of carbonyl (C=O) groups excluding carboxylic acids is 2. The quantitative estimate of drug-likeness (QED) is 0.341. The zero-order chi connectivity index (χ0) is 28.5. The summed E-state index contributed by atoms with van der Waals surface area (Å²) in [5, 5.41) is 4.20. The molecule has 1 atom stereocenters. The van der Waals surface area contributed by atoms with Gasteiger partial charge in [0.15, 0.2) is 0 Å². The van der Waals surface area contributed by atoms with Crippen LogP contribution in [0.3, 0.4) is 0 Å². The number of benzene rings is 1. The molecule has 210 valence electrons. The van der Waals surface area contributed by atoms with Gasteiger partial charge in [-0.15, -0.1) is 0 Å². The molecule has 1 N–H and O–H groups in total. The van der Waals surface area contributed by atoms with Crippen LogP contribution in [0.2, 0.25) is 0 Å². The zero-order valence-corrected chi connectivity index (χ0v) is 24.7. The van der Waals surface area contributed by atoms with Gasteiger partial charge in [-0.05, 0) is 45.3 Å². The number of carbonyl (C=O) groups is 2. The Morgan fingerprint density at radius 1 is 1.11 bits per heavy atom. The monoisotopic (exact) mass is 517 g/mol. The van der Waals surface area contributed by atoms with Gasteiger partial charge in [0.1, 0.15) is 0 Å². The van der Waals surface area contributed by atoms with Crippen LogP contribution < -0.4 is 5.32 Å². The SMILES string of the molecule is CC.CC.CC/C=C/C=C1\N=C(/C)c2ccccc2C(=O)NC(C)CCCCCCO1.CON(C)C=O. The number of hydroxylamine groups is 2. The van der Waals surface area contributed by atoms with Crippen molar-refractivity contribution in [3.8, 4) is 0 Å². The molecule has 1 unspecified atom stereocenters. The maximum absolute atomic E-state index is 12.8. The third-order valence-corrected chi connectivity index (χ3v) is 5.05. The van der Waals surface area contributed by atoms with Crippen molar-refractivity contribution < 1.29 is 19.2 Å². The van der Waals surface area contributed by atoms with Gasteiger partial charge in [-0.25, -0.2) is 10.1 Å². The fraction of sp³-hybridized carbons (Fsp3) is 0.567. The summed E-state index contributed by atoms with van der Waals surface area (Å²) >= 11 is 0. The van der Waals surface area contributed by atoms with E-state index in [0.29, 0.717) is 24.5 Å². The van der Waals surface area contributed by atoms with E-state index in [9.17, 15) is 9.59 Å². The third kappa shape index (κ3) is 17.2. The Balaban J connectivity index is 0. The summed E-state index contributed by atoms with van der Waals surface area (Å²) in [6, 6.07) is 7.79. The molecular weight excluding hydrogens is 466 g/mol. The van der Waals surface area contributed by atoms with Gasteiger partial charge in [-0.3, -0.25) is 14.4 Å². The second-order valence-corrected chi connectivity index (χ2v) is 7.84. The molecule has 2 rings (SSSR count). The fourth-order valence-electron chi connectivity index (χ4n) is 3.13. The molecule has 0 bridgehead atoms. The molecule has 0 aliphatic carbocycles. The Morgan fingerprint density at radius 3 is 2.30 bits per heavy atom. The standard InChI is InChI=1S/C23H32N2O2.C3H7NO2.2C2H6/c1-4-5-8-16-22-25-19(3)20-14-10-11-15-21(20)23(26)24-18(2)13-9-6-7-12-17-27-22;1-4(3-5)6-2;2*1-2/h5,8,10-11,14-16,18H,4,6-7,9,12-13,17H2,1-3H3,(H,24,26);3H,1-2H3;2*1-2H3/b8-5+,22-16+,25-19+;;;. The van der Waals surface area contributed by atoms with Crippen molar-refractivity contribution in [3.05, 3.63) is 59.5 Å². The predicted molar refractivity (Wildman–Crippen MR) is 156 cm³/mol. The van der Waals surface area contributed by atoms with E-state index < -0.39 is 0 Å². The molecule has 37 heavy (non-hydrogen) atoms. The Bertz CT molecular complexity index is 819. The molecule has 1 aromatic rings. The maximum atomic E-state index is 12.8. The van der Waals surface area contributed by atoms with Crippen molar-refractivity contribution >= 4 is 18.0 Å². The molecule has 0 fully saturated rings. The summed E-state index contributed by atoms with van der Waals surface area (Å²) in [4.78, 5) is 31.3. The van der Waals surface area contributed by atoms with Gasteiger partial charge >= 0.3 is 0 Å². The van der Waals surface area contributed by atoms with E-state index in [1.807, 2.05) is 71.0 Å². The Labute approximate surface area is 226 Å². The molecule has 7 heteroatoms. The second kappa shape index (κ2) is 24.8. The van der Waals surface area contributed by atoms with Gasteiger partial charge in [-0.1, -0.05) is 84.2 Å². The number of nitrogens with zero attached hydrogens (tertiary/aromatic N) is 2. The summed E-state index contributed by atoms with van der Waals surface area (Å²) in [6.07, 6.45) is 12.9. The molecule has 7 nitrogen and oxygen atoms in total. The molecule has 1 aromatic carbocycles. The molecule has 0 aromatic heterocycles. The lowest BCUT2D eigenvalue weighted by Gasteiger charge is -2.15. The van der Waals surface area contributed by atoms with Crippen LogP contribution >= 0.6 is 0 Å². The number of rotatable bonds is 4. The topological polar surface area (TPSA) is 80.2 Å². The zero-order valence-electron chi connectivity index (χ0n) is 24.7. The van der Waals surface area contributed by atoms with Crippen molar-refractivity contribution in [2.45, 2.75) is 93.0 Å². The summed E-state index contributed by atoms with van der Waals surface area (Å²) in [6.45, 7) is 14.8. The normalized spacial score (nSPS) is 18.7. The van der Waals surface area contributed by atoms with Crippen LogP contribution in [-0.2, 0) is 14.4 Å². The fourth-order valence-corrected chi connectivity index (χ4v) is 3.13. The lowest BCUT2D eigenvalue weighted by molar-refractivity contribution is -0.153. The number of ether oxygens (including phenoxy) is 1. The van der Waals surface area contributed by atoms with Gasteiger partial charge in [0, 0.05) is 29.9 Å². The predicted octanol–water partition coefficient (Wildman–Crippen LogP) is 7.09. The Kier molecular flexibility index (Phi) is 24.2. The van der Waals surface area contributed by atoms with Crippen molar-refractivity contribution in [1.82, 2.24) is 10.4 Å². The highest BCUT2D eigenvalue weighted by atomic mass is 16.7. The minimum absolute atomic E-state index is 0.0418. The van der Waals surface area contributed by atoms with Crippen LogP contribution in [-0.4, -0.2) is 49.9 Å². The summed E-state index contributed by atoms with van der Waals surface area (Å²) in [5.74, 6) is 0.551. The van der Waals surface area contributed by atoms with E-state index in [1.165, 1.54) is 14.2 Å². The highest BCUT2D eigenvalue weighted by Gasteiger charge is 2.15. The highest BCUT2D eigenvalue weighted by molar-refractivity contribution is 6.09. The molecule has 1 aliphatic heterocycles. The smallest absolute Gasteiger partial charge is 0.252 e. The van der Waals surface area contributed by atoms with E-state index in [2.05, 4.69) is 35.1 Å². The third-order valence-electron chi connectivity index (χ3n) is 5.05. The largest absolute Gasteiger partial charge is 0.478 e. The summed E-state index contributed by atoms with van der Waals surface area (Å²) in [7, 11) is 2.95. The van der Waals surface area contributed by atoms with Crippen LogP contribution in [0.5, 0.6) is 0 Å². The van der Waals surface area contributed by atoms with Crippen molar-refractivity contribution in [2.75, 3.05) is 20.8 Å². The van der Waals surface area contributed by atoms with Crippen molar-refractivity contribution in [1.29, 1.82) is 0 Å². The summed E-state index contributed by atoms with van der Waals surface area (Å²) in [5.41, 5.74) is 2.27. The van der Waals surface area contributed by atoms with Gasteiger partial charge in [0.25, 0.3) is 5.91 Å². The number of nitrogens with one attached hydrogen (secondary N) is 1. The maximum Gasteiger partial charge on any atom is 0.252 e. The molecule has 0 saturated carbocycles. The number of aliphatic imine (C=N–C) groups is 1. The average molecular weight is 518 g/mol. The number of hydrogen-bond acceptors (Lipinski definition) is 5. The van der Waals surface area contributed by atoms with E-state index in [1.54, 1.807) is 0 Å². The van der Waals surface area contributed by atoms with Gasteiger partial charge < -0.3 is 10.1 Å². The first-order valence-corrected chi connectivity index (χ1v) is 13.6. The number of allylic oxidation sites excluding steroid dienone is 3. The molecule has 0 radical (unpaired) electrons. The van der Waals surface area contributed by atoms with E-state index in [0.717, 1.165) is 54.9 Å². The van der Waals surface area contributed by atoms with Crippen molar-refractivity contribution in [2.24, 2.45) is 4.99 Å². The van der Waals surface area contributed by atoms with Crippen LogP contribution in [0, 0.1) is 0 Å². The molecule has 0 spiro atoms. The van der Waals surface area contributed by atoms with Gasteiger partial charge in [0.05, 0.1) is 13.7 Å². The highest BCUT2D eigenvalue weighted by Crippen LogP contribution is 2.15. The lowest BCUT2D eigenvalue weighted by Crippen LogP contribution is -2.33. The lowest BCUT2D eigenvalue weighted by atomic mass is 10.0. The molecule has 1 aliphatic rings. The second-order valence-electron chi connectivity index (χ2n) is 7.84. The average Bonchev–Trinajstić information content (AvgIpc) is 2.94. The van der Waals surface area contributed by atoms with Crippen molar-refractivity contribution in [3.63, 3.8) is 0 Å². The molecule has 0 saturated heterocycles. The molecule has 2 amide bonds. The number of fused-ring (bicyclic) bond motifs is 1. The molecular formula is C30H51N3O4. The minimum atomic E-state index is -0.0418. The minimum Gasteiger partial charge on any atom is -0.478 e. The summed E-state index contributed by atoms with van der Waals surface area (Å²) < 4.78 is 5.92. The van der Waals surface area contributed by atoms with Gasteiger partial charge in [0.2, 0.25) is 12.3 Å². The Hall–Kier alpha value is -2.93. The number of hydrogen-bond donors (Lipinski definition) is 1. The van der Waals surface area contributed by atoms with E-state index >= 15 is 0 Å². The molecule has 1 heterocycles. The van der Waals surface area contributed by atoms with Crippen LogP contribution in [0.25, 0.3) is 0 Å². The first-order valence-electron chi connectivity index (χ1n) is 13.6. The first kappa shape index (κ1) is 36.2. The first-order chi connectivity index (χ1) is 17.9. The van der Waals surface area contributed by atoms with Crippen LogP contribution in [0.15, 0.2) is 53.4 Å². The van der Waals surface area contributed by atoms with Gasteiger partial charge in [-0.2, -0.15) is 0 Å². The van der Waals surface area contributed by atoms with E-state index in [4.69, 9.17) is 4.74 Å². The Morgan fingerprint density at radius 2 is 1.73 bits per heavy atom. The van der Waals surface area contributed by atoms with E-state index in [-0.39, 0.29) is 11.9 Å².